The molecule has 0 spiro atoms. The van der Waals surface area contributed by atoms with E-state index in [2.05, 4.69) is 9.88 Å². The highest BCUT2D eigenvalue weighted by Gasteiger charge is 2.19. The average molecular weight is 343 g/mol. The number of nitrogens with zero attached hydrogens (tertiary/aromatic N) is 2. The summed E-state index contributed by atoms with van der Waals surface area (Å²) in [6, 6.07) is 13.3. The van der Waals surface area contributed by atoms with Crippen LogP contribution in [0.5, 0.6) is 5.75 Å². The number of ether oxygens (including phenoxy) is 1. The monoisotopic (exact) mass is 343 g/mol. The van der Waals surface area contributed by atoms with E-state index in [0.717, 1.165) is 17.7 Å². The van der Waals surface area contributed by atoms with Gasteiger partial charge in [0.25, 0.3) is 5.91 Å². The number of amides is 1. The number of nitrogens with two attached hydrogens (primary N) is 1. The van der Waals surface area contributed by atoms with Gasteiger partial charge in [0, 0.05) is 30.9 Å². The quantitative estimate of drug-likeness (QED) is 0.686. The molecule has 0 aliphatic rings. The number of aromatic nitrogens is 1. The van der Waals surface area contributed by atoms with Gasteiger partial charge in [0.2, 0.25) is 0 Å². The van der Waals surface area contributed by atoms with Crippen molar-refractivity contribution in [2.24, 2.45) is 5.73 Å². The van der Waals surface area contributed by atoms with E-state index in [4.69, 9.17) is 10.5 Å². The Hall–Kier alpha value is -2.44. The maximum atomic E-state index is 11.0. The topological polar surface area (TPSA) is 88.7 Å². The van der Waals surface area contributed by atoms with E-state index in [1.165, 1.54) is 0 Å². The molecule has 0 bridgehead atoms. The molecule has 0 saturated heterocycles. The number of carbonyl (C=O) groups excluding carboxylic acids is 1. The fraction of sp³-hybridized carbons (Fsp3) is 0.368. The largest absolute Gasteiger partial charge is 0.483 e. The van der Waals surface area contributed by atoms with Gasteiger partial charge >= 0.3 is 0 Å². The van der Waals surface area contributed by atoms with Crippen LogP contribution in [0.4, 0.5) is 0 Å². The standard InChI is InChI=1S/C19H25N3O3/c1-2-17(13-23)22(12-16-8-5-6-10-21-16)11-15-7-3-4-9-18(15)25-14-19(20)24/h3-10,17,23H,2,11-14H2,1H3,(H2,20,24)/t17-/m1/s1. The Morgan fingerprint density at radius 2 is 2.00 bits per heavy atom. The van der Waals surface area contributed by atoms with Crippen molar-refractivity contribution in [3.05, 3.63) is 59.9 Å². The van der Waals surface area contributed by atoms with Gasteiger partial charge in [0.05, 0.1) is 12.3 Å². The molecule has 0 radical (unpaired) electrons. The Morgan fingerprint density at radius 3 is 2.64 bits per heavy atom. The summed E-state index contributed by atoms with van der Waals surface area (Å²) in [5.41, 5.74) is 7.04. The lowest BCUT2D eigenvalue weighted by atomic mass is 10.1. The summed E-state index contributed by atoms with van der Waals surface area (Å²) in [6.45, 7) is 3.14. The average Bonchev–Trinajstić information content (AvgIpc) is 2.62. The van der Waals surface area contributed by atoms with Gasteiger partial charge in [0.15, 0.2) is 6.61 Å². The lowest BCUT2D eigenvalue weighted by Gasteiger charge is -2.30. The molecule has 1 atom stereocenters. The molecule has 0 saturated carbocycles. The van der Waals surface area contributed by atoms with E-state index in [-0.39, 0.29) is 19.3 Å². The number of pyridine rings is 1. The summed E-state index contributed by atoms with van der Waals surface area (Å²) in [5, 5.41) is 9.74. The highest BCUT2D eigenvalue weighted by atomic mass is 16.5. The molecule has 6 nitrogen and oxygen atoms in total. The Balaban J connectivity index is 2.19. The number of primary amides is 1. The van der Waals surface area contributed by atoms with E-state index < -0.39 is 5.91 Å². The minimum Gasteiger partial charge on any atom is -0.483 e. The zero-order chi connectivity index (χ0) is 18.1. The number of para-hydroxylation sites is 1. The summed E-state index contributed by atoms with van der Waals surface area (Å²) < 4.78 is 5.52. The maximum absolute atomic E-state index is 11.0. The van der Waals surface area contributed by atoms with Crippen LogP contribution in [-0.2, 0) is 17.9 Å². The number of aliphatic hydroxyl groups is 1. The molecule has 6 heteroatoms. The summed E-state index contributed by atoms with van der Waals surface area (Å²) in [7, 11) is 0. The third-order valence-corrected chi connectivity index (χ3v) is 4.01. The van der Waals surface area contributed by atoms with Crippen LogP contribution in [-0.4, -0.2) is 40.2 Å². The number of carbonyl (C=O) groups is 1. The fourth-order valence-electron chi connectivity index (χ4n) is 2.66. The minimum atomic E-state index is -0.512. The van der Waals surface area contributed by atoms with Crippen molar-refractivity contribution >= 4 is 5.91 Å². The highest BCUT2D eigenvalue weighted by Crippen LogP contribution is 2.22. The number of hydrogen-bond donors (Lipinski definition) is 2. The van der Waals surface area contributed by atoms with Crippen LogP contribution in [0.3, 0.4) is 0 Å². The third-order valence-electron chi connectivity index (χ3n) is 4.01. The number of hydrogen-bond acceptors (Lipinski definition) is 5. The van der Waals surface area contributed by atoms with Crippen molar-refractivity contribution in [3.8, 4) is 5.75 Å². The zero-order valence-corrected chi connectivity index (χ0v) is 14.5. The Kier molecular flexibility index (Phi) is 7.37. The normalized spacial score (nSPS) is 12.1. The smallest absolute Gasteiger partial charge is 0.255 e. The van der Waals surface area contributed by atoms with Gasteiger partial charge in [-0.25, -0.2) is 0 Å². The molecule has 2 rings (SSSR count). The van der Waals surface area contributed by atoms with Crippen molar-refractivity contribution in [1.29, 1.82) is 0 Å². The Labute approximate surface area is 148 Å². The molecule has 0 aliphatic heterocycles. The first kappa shape index (κ1) is 18.9. The van der Waals surface area contributed by atoms with Crippen molar-refractivity contribution in [2.75, 3.05) is 13.2 Å². The number of rotatable bonds is 10. The lowest BCUT2D eigenvalue weighted by Crippen LogP contribution is -2.37. The van der Waals surface area contributed by atoms with E-state index in [1.54, 1.807) is 6.20 Å². The van der Waals surface area contributed by atoms with E-state index in [9.17, 15) is 9.90 Å². The summed E-state index contributed by atoms with van der Waals surface area (Å²) >= 11 is 0. The molecule has 2 aromatic rings. The van der Waals surface area contributed by atoms with Crippen LogP contribution >= 0.6 is 0 Å². The molecular formula is C19H25N3O3. The summed E-state index contributed by atoms with van der Waals surface area (Å²) in [6.07, 6.45) is 2.57. The van der Waals surface area contributed by atoms with Gasteiger partial charge in [-0.2, -0.15) is 0 Å². The van der Waals surface area contributed by atoms with Crippen molar-refractivity contribution in [2.45, 2.75) is 32.5 Å². The Bertz CT molecular complexity index is 660. The van der Waals surface area contributed by atoms with Crippen LogP contribution in [0.15, 0.2) is 48.7 Å². The van der Waals surface area contributed by atoms with Crippen LogP contribution in [0.2, 0.25) is 0 Å². The maximum Gasteiger partial charge on any atom is 0.255 e. The first-order valence-electron chi connectivity index (χ1n) is 8.37. The van der Waals surface area contributed by atoms with Gasteiger partial charge in [-0.05, 0) is 24.6 Å². The summed E-state index contributed by atoms with van der Waals surface area (Å²) in [4.78, 5) is 17.5. The molecule has 1 heterocycles. The molecular weight excluding hydrogens is 318 g/mol. The molecule has 3 N–H and O–H groups in total. The molecule has 0 aliphatic carbocycles. The van der Waals surface area contributed by atoms with Gasteiger partial charge < -0.3 is 15.6 Å². The zero-order valence-electron chi connectivity index (χ0n) is 14.5. The van der Waals surface area contributed by atoms with Crippen molar-refractivity contribution < 1.29 is 14.6 Å². The van der Waals surface area contributed by atoms with Crippen LogP contribution in [0.25, 0.3) is 0 Å². The summed E-state index contributed by atoms with van der Waals surface area (Å²) in [5.74, 6) is 0.113. The first-order valence-corrected chi connectivity index (χ1v) is 8.37. The van der Waals surface area contributed by atoms with Crippen LogP contribution in [0.1, 0.15) is 24.6 Å². The molecule has 0 unspecified atom stereocenters. The molecule has 0 fully saturated rings. The lowest BCUT2D eigenvalue weighted by molar-refractivity contribution is -0.119. The second-order valence-corrected chi connectivity index (χ2v) is 5.83. The third kappa shape index (κ3) is 5.85. The van der Waals surface area contributed by atoms with Gasteiger partial charge in [-0.15, -0.1) is 0 Å². The molecule has 1 amide bonds. The van der Waals surface area contributed by atoms with Crippen LogP contribution in [0, 0.1) is 0 Å². The van der Waals surface area contributed by atoms with Crippen molar-refractivity contribution in [3.63, 3.8) is 0 Å². The van der Waals surface area contributed by atoms with Crippen molar-refractivity contribution in [1.82, 2.24) is 9.88 Å². The molecule has 25 heavy (non-hydrogen) atoms. The van der Waals surface area contributed by atoms with E-state index in [1.807, 2.05) is 49.4 Å². The second-order valence-electron chi connectivity index (χ2n) is 5.83. The number of aliphatic hydroxyl groups excluding tert-OH is 1. The molecule has 1 aromatic heterocycles. The second kappa shape index (κ2) is 9.76. The van der Waals surface area contributed by atoms with E-state index in [0.29, 0.717) is 18.8 Å². The van der Waals surface area contributed by atoms with Gasteiger partial charge in [0.1, 0.15) is 5.75 Å². The van der Waals surface area contributed by atoms with Gasteiger partial charge in [-0.1, -0.05) is 31.2 Å². The minimum absolute atomic E-state index is 0.00574. The SMILES string of the molecule is CC[C@H](CO)N(Cc1ccccn1)Cc1ccccc1OCC(N)=O. The molecule has 134 valence electrons. The van der Waals surface area contributed by atoms with E-state index >= 15 is 0 Å². The van der Waals surface area contributed by atoms with Gasteiger partial charge in [-0.3, -0.25) is 14.7 Å². The highest BCUT2D eigenvalue weighted by molar-refractivity contribution is 5.75. The number of benzene rings is 1. The fourth-order valence-corrected chi connectivity index (χ4v) is 2.66. The van der Waals surface area contributed by atoms with Crippen LogP contribution < -0.4 is 10.5 Å². The molecule has 1 aromatic carbocycles. The Morgan fingerprint density at radius 1 is 1.24 bits per heavy atom. The first-order chi connectivity index (χ1) is 12.1. The predicted octanol–water partition coefficient (Wildman–Crippen LogP) is 1.72. The predicted molar refractivity (Wildman–Crippen MR) is 95.8 cm³/mol.